The Bertz CT molecular complexity index is 666. The van der Waals surface area contributed by atoms with Crippen LogP contribution in [0.15, 0.2) is 24.5 Å². The molecule has 2 aromatic rings. The molecule has 112 valence electrons. The fourth-order valence-corrected chi connectivity index (χ4v) is 2.09. The molecule has 0 spiro atoms. The Balaban J connectivity index is 2.26. The van der Waals surface area contributed by atoms with Gasteiger partial charge in [0.15, 0.2) is 0 Å². The standard InChI is InChI=1S/C15H19FN4O/c1-15(2,3)19-12(21)8-20(4)14-10-6-5-7-11(16)13(10)17-9-18-14/h5-7,9H,8H2,1-4H3,(H,19,21). The highest BCUT2D eigenvalue weighted by Crippen LogP contribution is 2.23. The summed E-state index contributed by atoms with van der Waals surface area (Å²) in [5, 5.41) is 3.47. The predicted octanol–water partition coefficient (Wildman–Crippen LogP) is 2.12. The SMILES string of the molecule is CN(CC(=O)NC(C)(C)C)c1ncnc2c(F)cccc12. The van der Waals surface area contributed by atoms with Crippen molar-refractivity contribution in [2.75, 3.05) is 18.5 Å². The molecule has 0 aliphatic rings. The van der Waals surface area contributed by atoms with Gasteiger partial charge in [0.05, 0.1) is 6.54 Å². The van der Waals surface area contributed by atoms with Crippen LogP contribution in [-0.4, -0.2) is 35.0 Å². The molecule has 1 amide bonds. The number of carbonyl (C=O) groups excluding carboxylic acids is 1. The van der Waals surface area contributed by atoms with Crippen molar-refractivity contribution in [2.24, 2.45) is 0 Å². The van der Waals surface area contributed by atoms with E-state index < -0.39 is 5.82 Å². The topological polar surface area (TPSA) is 58.1 Å². The Morgan fingerprint density at radius 1 is 1.33 bits per heavy atom. The lowest BCUT2D eigenvalue weighted by Gasteiger charge is -2.24. The molecular weight excluding hydrogens is 271 g/mol. The van der Waals surface area contributed by atoms with Crippen molar-refractivity contribution in [3.05, 3.63) is 30.3 Å². The van der Waals surface area contributed by atoms with Crippen molar-refractivity contribution >= 4 is 22.6 Å². The summed E-state index contributed by atoms with van der Waals surface area (Å²) in [6, 6.07) is 4.70. The molecule has 0 aliphatic carbocycles. The van der Waals surface area contributed by atoms with E-state index in [0.717, 1.165) is 0 Å². The molecule has 0 unspecified atom stereocenters. The molecule has 0 saturated heterocycles. The Morgan fingerprint density at radius 3 is 2.71 bits per heavy atom. The number of hydrogen-bond donors (Lipinski definition) is 1. The summed E-state index contributed by atoms with van der Waals surface area (Å²) in [6.45, 7) is 5.89. The molecule has 1 N–H and O–H groups in total. The highest BCUT2D eigenvalue weighted by Gasteiger charge is 2.17. The van der Waals surface area contributed by atoms with E-state index in [4.69, 9.17) is 0 Å². The number of halogens is 1. The van der Waals surface area contributed by atoms with Gasteiger partial charge in [-0.1, -0.05) is 6.07 Å². The lowest BCUT2D eigenvalue weighted by molar-refractivity contribution is -0.121. The largest absolute Gasteiger partial charge is 0.350 e. The number of amides is 1. The molecule has 21 heavy (non-hydrogen) atoms. The second-order valence-electron chi connectivity index (χ2n) is 5.99. The van der Waals surface area contributed by atoms with Crippen LogP contribution in [0.1, 0.15) is 20.8 Å². The number of anilines is 1. The maximum Gasteiger partial charge on any atom is 0.239 e. The van der Waals surface area contributed by atoms with E-state index in [-0.39, 0.29) is 23.5 Å². The molecule has 2 rings (SSSR count). The van der Waals surface area contributed by atoms with Crippen molar-refractivity contribution in [1.82, 2.24) is 15.3 Å². The maximum absolute atomic E-state index is 13.7. The third-order valence-electron chi connectivity index (χ3n) is 2.85. The molecule has 0 radical (unpaired) electrons. The molecule has 0 atom stereocenters. The quantitative estimate of drug-likeness (QED) is 0.940. The van der Waals surface area contributed by atoms with Crippen molar-refractivity contribution in [1.29, 1.82) is 0 Å². The average molecular weight is 290 g/mol. The summed E-state index contributed by atoms with van der Waals surface area (Å²) in [5.74, 6) is 0.0143. The van der Waals surface area contributed by atoms with E-state index in [1.807, 2.05) is 20.8 Å². The van der Waals surface area contributed by atoms with Crippen LogP contribution in [0.2, 0.25) is 0 Å². The number of aromatic nitrogens is 2. The Hall–Kier alpha value is -2.24. The van der Waals surface area contributed by atoms with Crippen LogP contribution < -0.4 is 10.2 Å². The smallest absolute Gasteiger partial charge is 0.239 e. The summed E-state index contributed by atoms with van der Waals surface area (Å²) in [4.78, 5) is 21.8. The van der Waals surface area contributed by atoms with Crippen LogP contribution in [0.4, 0.5) is 10.2 Å². The average Bonchev–Trinajstić information content (AvgIpc) is 2.36. The van der Waals surface area contributed by atoms with E-state index in [1.54, 1.807) is 24.1 Å². The van der Waals surface area contributed by atoms with Gasteiger partial charge in [0.1, 0.15) is 23.5 Å². The second-order valence-corrected chi connectivity index (χ2v) is 5.99. The van der Waals surface area contributed by atoms with Gasteiger partial charge in [-0.15, -0.1) is 0 Å². The Kier molecular flexibility index (Phi) is 4.06. The lowest BCUT2D eigenvalue weighted by atomic mass is 10.1. The molecule has 0 aliphatic heterocycles. The van der Waals surface area contributed by atoms with Gasteiger partial charge in [0, 0.05) is 18.0 Å². The van der Waals surface area contributed by atoms with E-state index >= 15 is 0 Å². The zero-order valence-corrected chi connectivity index (χ0v) is 12.6. The van der Waals surface area contributed by atoms with Gasteiger partial charge in [-0.3, -0.25) is 4.79 Å². The van der Waals surface area contributed by atoms with Crippen molar-refractivity contribution < 1.29 is 9.18 Å². The number of rotatable bonds is 3. The van der Waals surface area contributed by atoms with Crippen LogP contribution in [0, 0.1) is 5.82 Å². The van der Waals surface area contributed by atoms with Crippen molar-refractivity contribution in [3.63, 3.8) is 0 Å². The summed E-state index contributed by atoms with van der Waals surface area (Å²) >= 11 is 0. The molecule has 0 fully saturated rings. The molecular formula is C15H19FN4O. The molecule has 6 heteroatoms. The van der Waals surface area contributed by atoms with Crippen LogP contribution in [0.3, 0.4) is 0 Å². The molecule has 5 nitrogen and oxygen atoms in total. The van der Waals surface area contributed by atoms with Crippen LogP contribution in [0.25, 0.3) is 10.9 Å². The summed E-state index contributed by atoms with van der Waals surface area (Å²) in [5.41, 5.74) is -0.0387. The second kappa shape index (κ2) is 5.63. The van der Waals surface area contributed by atoms with Crippen molar-refractivity contribution in [2.45, 2.75) is 26.3 Å². The van der Waals surface area contributed by atoms with E-state index in [0.29, 0.717) is 11.2 Å². The molecule has 0 bridgehead atoms. The third-order valence-corrected chi connectivity index (χ3v) is 2.85. The van der Waals surface area contributed by atoms with Crippen LogP contribution in [-0.2, 0) is 4.79 Å². The highest BCUT2D eigenvalue weighted by molar-refractivity contribution is 5.91. The first-order valence-electron chi connectivity index (χ1n) is 6.69. The summed E-state index contributed by atoms with van der Waals surface area (Å²) < 4.78 is 13.7. The van der Waals surface area contributed by atoms with Crippen molar-refractivity contribution in [3.8, 4) is 0 Å². The van der Waals surface area contributed by atoms with E-state index in [2.05, 4.69) is 15.3 Å². The van der Waals surface area contributed by atoms with Gasteiger partial charge in [-0.05, 0) is 32.9 Å². The summed E-state index contributed by atoms with van der Waals surface area (Å²) in [7, 11) is 1.74. The molecule has 0 saturated carbocycles. The lowest BCUT2D eigenvalue weighted by Crippen LogP contribution is -2.45. The number of nitrogens with zero attached hydrogens (tertiary/aromatic N) is 3. The number of fused-ring (bicyclic) bond motifs is 1. The minimum Gasteiger partial charge on any atom is -0.350 e. The number of nitrogens with one attached hydrogen (secondary N) is 1. The van der Waals surface area contributed by atoms with Gasteiger partial charge in [-0.2, -0.15) is 0 Å². The number of carbonyl (C=O) groups is 1. The fraction of sp³-hybridized carbons (Fsp3) is 0.400. The van der Waals surface area contributed by atoms with Gasteiger partial charge in [0.25, 0.3) is 0 Å². The predicted molar refractivity (Wildman–Crippen MR) is 80.7 cm³/mol. The van der Waals surface area contributed by atoms with Gasteiger partial charge in [-0.25, -0.2) is 14.4 Å². The molecule has 1 heterocycles. The molecule has 1 aromatic heterocycles. The summed E-state index contributed by atoms with van der Waals surface area (Å²) in [6.07, 6.45) is 1.30. The van der Waals surface area contributed by atoms with E-state index in [1.165, 1.54) is 12.4 Å². The number of benzene rings is 1. The van der Waals surface area contributed by atoms with Crippen LogP contribution in [0.5, 0.6) is 0 Å². The molecule has 1 aromatic carbocycles. The number of hydrogen-bond acceptors (Lipinski definition) is 4. The van der Waals surface area contributed by atoms with Gasteiger partial charge in [0.2, 0.25) is 5.91 Å². The fourth-order valence-electron chi connectivity index (χ4n) is 2.09. The normalized spacial score (nSPS) is 11.5. The first-order valence-corrected chi connectivity index (χ1v) is 6.69. The maximum atomic E-state index is 13.7. The van der Waals surface area contributed by atoms with Gasteiger partial charge < -0.3 is 10.2 Å². The number of likely N-dealkylation sites (N-methyl/N-ethyl adjacent to an activating group) is 1. The Labute approximate surface area is 123 Å². The monoisotopic (exact) mass is 290 g/mol. The zero-order chi connectivity index (χ0) is 15.6. The first kappa shape index (κ1) is 15.2. The minimum absolute atomic E-state index is 0.117. The highest BCUT2D eigenvalue weighted by atomic mass is 19.1. The van der Waals surface area contributed by atoms with Crippen LogP contribution >= 0.6 is 0 Å². The van der Waals surface area contributed by atoms with Gasteiger partial charge >= 0.3 is 0 Å². The first-order chi connectivity index (χ1) is 9.78. The third kappa shape index (κ3) is 3.65. The van der Waals surface area contributed by atoms with E-state index in [9.17, 15) is 9.18 Å². The minimum atomic E-state index is -0.399. The number of para-hydroxylation sites is 1. The zero-order valence-electron chi connectivity index (χ0n) is 12.6. The Morgan fingerprint density at radius 2 is 2.05 bits per heavy atom.